The molecule has 1 unspecified atom stereocenters. The first-order valence-corrected chi connectivity index (χ1v) is 4.33. The van der Waals surface area contributed by atoms with E-state index >= 15 is 0 Å². The van der Waals surface area contributed by atoms with Crippen LogP contribution in [0, 0.1) is 0 Å². The summed E-state index contributed by atoms with van der Waals surface area (Å²) in [6, 6.07) is 1.12. The molecule has 0 heterocycles. The maximum absolute atomic E-state index is 4.89. The summed E-state index contributed by atoms with van der Waals surface area (Å²) in [5.41, 5.74) is 1.76. The van der Waals surface area contributed by atoms with Gasteiger partial charge >= 0.3 is 0 Å². The van der Waals surface area contributed by atoms with Gasteiger partial charge in [0.15, 0.2) is 0 Å². The zero-order valence-electron chi connectivity index (χ0n) is 7.29. The second-order valence-corrected chi connectivity index (χ2v) is 3.11. The average Bonchev–Trinajstić information content (AvgIpc) is 1.88. The highest BCUT2D eigenvalue weighted by molar-refractivity contribution is 7.78. The van der Waals surface area contributed by atoms with Crippen LogP contribution in [0.4, 0.5) is 0 Å². The van der Waals surface area contributed by atoms with Crippen LogP contribution in [0.15, 0.2) is 0 Å². The lowest BCUT2D eigenvalue weighted by molar-refractivity contribution is 0.283. The second-order valence-electron chi connectivity index (χ2n) is 2.90. The predicted molar refractivity (Wildman–Crippen MR) is 50.4 cm³/mol. The summed E-state index contributed by atoms with van der Waals surface area (Å²) in [5.74, 6) is 0. The highest BCUT2D eigenvalue weighted by atomic mass is 32.1. The van der Waals surface area contributed by atoms with Crippen molar-refractivity contribution in [3.63, 3.8) is 0 Å². The van der Waals surface area contributed by atoms with Crippen molar-refractivity contribution in [1.29, 1.82) is 0 Å². The van der Waals surface area contributed by atoms with Gasteiger partial charge in [-0.2, -0.15) is 0 Å². The van der Waals surface area contributed by atoms with Crippen molar-refractivity contribution in [2.45, 2.75) is 46.2 Å². The van der Waals surface area contributed by atoms with Crippen LogP contribution in [0.25, 0.3) is 0 Å². The fourth-order valence-corrected chi connectivity index (χ4v) is 1.40. The molecule has 10 heavy (non-hydrogen) atoms. The largest absolute Gasteiger partial charge is 0.364 e. The molecule has 0 bridgehead atoms. The van der Waals surface area contributed by atoms with Crippen molar-refractivity contribution in [2.24, 2.45) is 0 Å². The Morgan fingerprint density at radius 2 is 1.90 bits per heavy atom. The molecule has 2 heteroatoms. The Hall–Kier alpha value is -0.110. The van der Waals surface area contributed by atoms with Crippen molar-refractivity contribution in [3.8, 4) is 0 Å². The standard InChI is InChI=1S/C8H17NS/c1-5-8(4)9(6-10)7(2)3/h6-8H,5H2,1-4H3. The minimum Gasteiger partial charge on any atom is -0.364 e. The van der Waals surface area contributed by atoms with Gasteiger partial charge in [0.2, 0.25) is 0 Å². The molecule has 0 aliphatic heterocycles. The van der Waals surface area contributed by atoms with Gasteiger partial charge in [-0.1, -0.05) is 19.1 Å². The fourth-order valence-electron chi connectivity index (χ4n) is 0.945. The number of nitrogens with zero attached hydrogens (tertiary/aromatic N) is 1. The summed E-state index contributed by atoms with van der Waals surface area (Å²) in [6.45, 7) is 8.70. The molecular formula is C8H17NS. The van der Waals surface area contributed by atoms with Crippen LogP contribution in [0.3, 0.4) is 0 Å². The third kappa shape index (κ3) is 2.65. The maximum atomic E-state index is 4.89. The summed E-state index contributed by atoms with van der Waals surface area (Å²) in [5, 5.41) is 0. The van der Waals surface area contributed by atoms with E-state index in [2.05, 4.69) is 32.6 Å². The topological polar surface area (TPSA) is 3.24 Å². The van der Waals surface area contributed by atoms with E-state index in [-0.39, 0.29) is 0 Å². The molecule has 0 N–H and O–H groups in total. The van der Waals surface area contributed by atoms with Gasteiger partial charge in [-0.15, -0.1) is 0 Å². The van der Waals surface area contributed by atoms with E-state index in [9.17, 15) is 0 Å². The summed E-state index contributed by atoms with van der Waals surface area (Å²) < 4.78 is 0. The Balaban J connectivity index is 3.92. The van der Waals surface area contributed by atoms with Crippen LogP contribution in [-0.4, -0.2) is 22.5 Å². The van der Waals surface area contributed by atoms with Gasteiger partial charge in [0.1, 0.15) is 0 Å². The summed E-state index contributed by atoms with van der Waals surface area (Å²) in [4.78, 5) is 2.20. The van der Waals surface area contributed by atoms with Crippen LogP contribution >= 0.6 is 12.2 Å². The normalized spacial score (nSPS) is 13.3. The molecule has 0 spiro atoms. The number of rotatable bonds is 4. The molecule has 0 aliphatic carbocycles. The molecular weight excluding hydrogens is 142 g/mol. The van der Waals surface area contributed by atoms with Crippen LogP contribution in [0.2, 0.25) is 0 Å². The van der Waals surface area contributed by atoms with E-state index in [1.54, 1.807) is 5.49 Å². The second kappa shape index (κ2) is 4.67. The van der Waals surface area contributed by atoms with Crippen molar-refractivity contribution < 1.29 is 0 Å². The lowest BCUT2D eigenvalue weighted by atomic mass is 10.2. The Bertz CT molecular complexity index is 101. The fraction of sp³-hybridized carbons (Fsp3) is 0.875. The van der Waals surface area contributed by atoms with Gasteiger partial charge in [-0.3, -0.25) is 0 Å². The van der Waals surface area contributed by atoms with E-state index in [1.807, 2.05) is 0 Å². The van der Waals surface area contributed by atoms with Gasteiger partial charge in [0.05, 0.1) is 5.49 Å². The number of thiocarbonyl (C=S) groups is 1. The minimum atomic E-state index is 0.535. The predicted octanol–water partition coefficient (Wildman–Crippen LogP) is 2.45. The monoisotopic (exact) mass is 159 g/mol. The molecule has 0 rings (SSSR count). The van der Waals surface area contributed by atoms with Crippen molar-refractivity contribution in [3.05, 3.63) is 0 Å². The molecule has 0 saturated carbocycles. The van der Waals surface area contributed by atoms with Gasteiger partial charge < -0.3 is 4.90 Å². The Morgan fingerprint density at radius 3 is 2.00 bits per heavy atom. The van der Waals surface area contributed by atoms with Gasteiger partial charge in [0, 0.05) is 12.1 Å². The van der Waals surface area contributed by atoms with E-state index in [4.69, 9.17) is 12.2 Å². The number of hydrogen-bond donors (Lipinski definition) is 0. The molecule has 0 aliphatic rings. The highest BCUT2D eigenvalue weighted by Crippen LogP contribution is 2.05. The molecule has 0 radical (unpaired) electrons. The molecule has 1 nitrogen and oxygen atoms in total. The van der Waals surface area contributed by atoms with Gasteiger partial charge in [-0.25, -0.2) is 0 Å². The van der Waals surface area contributed by atoms with E-state index < -0.39 is 0 Å². The molecule has 60 valence electrons. The first-order valence-electron chi connectivity index (χ1n) is 3.86. The smallest absolute Gasteiger partial charge is 0.0645 e. The van der Waals surface area contributed by atoms with Crippen LogP contribution in [0.1, 0.15) is 34.1 Å². The molecule has 0 fully saturated rings. The van der Waals surface area contributed by atoms with Gasteiger partial charge in [0.25, 0.3) is 0 Å². The zero-order valence-corrected chi connectivity index (χ0v) is 8.11. The van der Waals surface area contributed by atoms with E-state index in [0.29, 0.717) is 12.1 Å². The van der Waals surface area contributed by atoms with Crippen LogP contribution in [0.5, 0.6) is 0 Å². The highest BCUT2D eigenvalue weighted by Gasteiger charge is 2.09. The van der Waals surface area contributed by atoms with E-state index in [0.717, 1.165) is 6.42 Å². The third-order valence-corrected chi connectivity index (χ3v) is 2.06. The van der Waals surface area contributed by atoms with E-state index in [1.165, 1.54) is 0 Å². The molecule has 0 amide bonds. The molecule has 1 atom stereocenters. The molecule has 0 aromatic heterocycles. The van der Waals surface area contributed by atoms with Crippen LogP contribution < -0.4 is 0 Å². The third-order valence-electron chi connectivity index (χ3n) is 1.82. The molecule has 0 saturated heterocycles. The SMILES string of the molecule is CCC(C)N(C=S)C(C)C. The quantitative estimate of drug-likeness (QED) is 0.580. The average molecular weight is 159 g/mol. The molecule has 0 aromatic rings. The number of hydrogen-bond acceptors (Lipinski definition) is 1. The lowest BCUT2D eigenvalue weighted by Crippen LogP contribution is -2.36. The van der Waals surface area contributed by atoms with Crippen LogP contribution in [-0.2, 0) is 0 Å². The Kier molecular flexibility index (Phi) is 4.62. The minimum absolute atomic E-state index is 0.535. The first-order chi connectivity index (χ1) is 4.63. The summed E-state index contributed by atoms with van der Waals surface area (Å²) in [7, 11) is 0. The summed E-state index contributed by atoms with van der Waals surface area (Å²) in [6.07, 6.45) is 1.16. The lowest BCUT2D eigenvalue weighted by Gasteiger charge is -2.29. The van der Waals surface area contributed by atoms with Crippen molar-refractivity contribution >= 4 is 17.7 Å². The Morgan fingerprint density at radius 1 is 1.40 bits per heavy atom. The zero-order chi connectivity index (χ0) is 8.15. The summed E-state index contributed by atoms with van der Waals surface area (Å²) >= 11 is 4.89. The van der Waals surface area contributed by atoms with Gasteiger partial charge in [-0.05, 0) is 27.2 Å². The van der Waals surface area contributed by atoms with Crippen molar-refractivity contribution in [1.82, 2.24) is 4.90 Å². The first kappa shape index (κ1) is 9.89. The maximum Gasteiger partial charge on any atom is 0.0645 e. The molecule has 0 aromatic carbocycles. The Labute approximate surface area is 69.4 Å². The van der Waals surface area contributed by atoms with Crippen molar-refractivity contribution in [2.75, 3.05) is 0 Å².